The molecule has 0 fully saturated rings. The molecule has 0 aliphatic rings. The van der Waals surface area contributed by atoms with Gasteiger partial charge in [0, 0.05) is 18.7 Å². The Hall–Kier alpha value is -1.81. The molecule has 1 heterocycles. The van der Waals surface area contributed by atoms with Crippen LogP contribution in [0.1, 0.15) is 12.0 Å². The van der Waals surface area contributed by atoms with E-state index in [-0.39, 0.29) is 11.4 Å². The van der Waals surface area contributed by atoms with Crippen molar-refractivity contribution in [1.29, 1.82) is 0 Å². The Kier molecular flexibility index (Phi) is 3.91. The Bertz CT molecular complexity index is 459. The zero-order chi connectivity index (χ0) is 13.1. The van der Waals surface area contributed by atoms with E-state index in [1.807, 2.05) is 0 Å². The number of alkyl halides is 3. The molecule has 3 nitrogen and oxygen atoms in total. The number of nitrogen functional groups attached to an aromatic ring is 1. The molecule has 4 N–H and O–H groups in total. The Balaban J connectivity index is 2.73. The standard InChI is InChI=1S/C10H9F4N3/c11-7-4-9(16)17-5-6(7)2-1-3-8(15)10(12,13)14/h4-5,8H,3,15H2,(H2,16,17)/t8-/m1/s1. The average molecular weight is 247 g/mol. The SMILES string of the molecule is Nc1cc(F)c(C#CC[C@@H](N)C(F)(F)F)cn1. The number of anilines is 1. The number of halogens is 4. The van der Waals surface area contributed by atoms with Gasteiger partial charge in [-0.2, -0.15) is 13.2 Å². The zero-order valence-corrected chi connectivity index (χ0v) is 8.55. The molecule has 17 heavy (non-hydrogen) atoms. The highest BCUT2D eigenvalue weighted by Gasteiger charge is 2.35. The maximum atomic E-state index is 13.1. The minimum atomic E-state index is -4.51. The van der Waals surface area contributed by atoms with Crippen molar-refractivity contribution in [2.75, 3.05) is 5.73 Å². The van der Waals surface area contributed by atoms with Crippen molar-refractivity contribution in [3.8, 4) is 11.8 Å². The lowest BCUT2D eigenvalue weighted by atomic mass is 10.2. The van der Waals surface area contributed by atoms with Crippen molar-refractivity contribution in [2.45, 2.75) is 18.6 Å². The van der Waals surface area contributed by atoms with Crippen molar-refractivity contribution in [3.05, 3.63) is 23.6 Å². The molecule has 0 saturated heterocycles. The van der Waals surface area contributed by atoms with Gasteiger partial charge in [0.2, 0.25) is 0 Å². The molecule has 0 aliphatic heterocycles. The van der Waals surface area contributed by atoms with Gasteiger partial charge in [-0.3, -0.25) is 0 Å². The molecule has 7 heteroatoms. The molecule has 0 spiro atoms. The number of aromatic nitrogens is 1. The van der Waals surface area contributed by atoms with E-state index in [1.165, 1.54) is 0 Å². The summed E-state index contributed by atoms with van der Waals surface area (Å²) < 4.78 is 49.2. The molecule has 0 radical (unpaired) electrons. The number of rotatable bonds is 1. The first-order valence-corrected chi connectivity index (χ1v) is 4.53. The van der Waals surface area contributed by atoms with Gasteiger partial charge in [0.15, 0.2) is 0 Å². The van der Waals surface area contributed by atoms with Crippen LogP contribution in [0.4, 0.5) is 23.4 Å². The Morgan fingerprint density at radius 2 is 2.06 bits per heavy atom. The van der Waals surface area contributed by atoms with Crippen LogP contribution < -0.4 is 11.5 Å². The summed E-state index contributed by atoms with van der Waals surface area (Å²) in [4.78, 5) is 3.57. The van der Waals surface area contributed by atoms with Gasteiger partial charge in [0.25, 0.3) is 0 Å². The van der Waals surface area contributed by atoms with E-state index in [4.69, 9.17) is 11.5 Å². The molecular formula is C10H9F4N3. The predicted octanol–water partition coefficient (Wildman–Crippen LogP) is 1.43. The highest BCUT2D eigenvalue weighted by atomic mass is 19.4. The number of hydrogen-bond donors (Lipinski definition) is 2. The van der Waals surface area contributed by atoms with Gasteiger partial charge in [-0.25, -0.2) is 9.37 Å². The normalized spacial score (nSPS) is 12.8. The van der Waals surface area contributed by atoms with E-state index in [0.717, 1.165) is 12.3 Å². The molecule has 0 aliphatic carbocycles. The highest BCUT2D eigenvalue weighted by Crippen LogP contribution is 2.20. The minimum Gasteiger partial charge on any atom is -0.384 e. The predicted molar refractivity (Wildman–Crippen MR) is 54.1 cm³/mol. The summed E-state index contributed by atoms with van der Waals surface area (Å²) in [5.74, 6) is 3.61. The summed E-state index contributed by atoms with van der Waals surface area (Å²) in [5, 5.41) is 0. The lowest BCUT2D eigenvalue weighted by Crippen LogP contribution is -2.36. The summed E-state index contributed by atoms with van der Waals surface area (Å²) in [7, 11) is 0. The van der Waals surface area contributed by atoms with Gasteiger partial charge in [-0.1, -0.05) is 11.8 Å². The maximum Gasteiger partial charge on any atom is 0.404 e. The fourth-order valence-electron chi connectivity index (χ4n) is 0.910. The van der Waals surface area contributed by atoms with Gasteiger partial charge in [-0.15, -0.1) is 0 Å². The second kappa shape index (κ2) is 5.01. The third kappa shape index (κ3) is 3.92. The molecule has 0 amide bonds. The van der Waals surface area contributed by atoms with E-state index in [2.05, 4.69) is 16.8 Å². The van der Waals surface area contributed by atoms with E-state index in [9.17, 15) is 17.6 Å². The number of nitrogens with zero attached hydrogens (tertiary/aromatic N) is 1. The van der Waals surface area contributed by atoms with E-state index >= 15 is 0 Å². The molecule has 1 aromatic rings. The summed E-state index contributed by atoms with van der Waals surface area (Å²) >= 11 is 0. The number of pyridine rings is 1. The van der Waals surface area contributed by atoms with E-state index < -0.39 is 24.5 Å². The average Bonchev–Trinajstić information content (AvgIpc) is 2.19. The monoisotopic (exact) mass is 247 g/mol. The number of hydrogen-bond acceptors (Lipinski definition) is 3. The van der Waals surface area contributed by atoms with Gasteiger partial charge in [0.1, 0.15) is 17.7 Å². The van der Waals surface area contributed by atoms with Crippen LogP contribution in [0, 0.1) is 17.7 Å². The van der Waals surface area contributed by atoms with Gasteiger partial charge in [-0.05, 0) is 0 Å². The first-order chi connectivity index (χ1) is 7.80. The first-order valence-electron chi connectivity index (χ1n) is 4.53. The Labute approximate surface area is 94.8 Å². The van der Waals surface area contributed by atoms with Crippen LogP contribution in [0.3, 0.4) is 0 Å². The van der Waals surface area contributed by atoms with Crippen LogP contribution in [0.25, 0.3) is 0 Å². The molecule has 92 valence electrons. The highest BCUT2D eigenvalue weighted by molar-refractivity contribution is 5.39. The third-order valence-corrected chi connectivity index (χ3v) is 1.84. The summed E-state index contributed by atoms with van der Waals surface area (Å²) in [6.45, 7) is 0. The lowest BCUT2D eigenvalue weighted by molar-refractivity contribution is -0.146. The van der Waals surface area contributed by atoms with Gasteiger partial charge in [0.05, 0.1) is 5.56 Å². The van der Waals surface area contributed by atoms with Crippen molar-refractivity contribution in [3.63, 3.8) is 0 Å². The van der Waals surface area contributed by atoms with Crippen LogP contribution in [0.2, 0.25) is 0 Å². The summed E-state index contributed by atoms with van der Waals surface area (Å²) in [6.07, 6.45) is -4.06. The smallest absolute Gasteiger partial charge is 0.384 e. The van der Waals surface area contributed by atoms with Crippen LogP contribution in [0.5, 0.6) is 0 Å². The fraction of sp³-hybridized carbons (Fsp3) is 0.300. The molecule has 1 atom stereocenters. The zero-order valence-electron chi connectivity index (χ0n) is 8.55. The third-order valence-electron chi connectivity index (χ3n) is 1.84. The maximum absolute atomic E-state index is 13.1. The molecule has 0 unspecified atom stereocenters. The van der Waals surface area contributed by atoms with Crippen molar-refractivity contribution in [2.24, 2.45) is 5.73 Å². The van der Waals surface area contributed by atoms with Crippen LogP contribution >= 0.6 is 0 Å². The summed E-state index contributed by atoms with van der Waals surface area (Å²) in [6, 6.07) is -1.10. The van der Waals surface area contributed by atoms with E-state index in [1.54, 1.807) is 0 Å². The Morgan fingerprint density at radius 3 is 2.59 bits per heavy atom. The molecular weight excluding hydrogens is 238 g/mol. The van der Waals surface area contributed by atoms with Crippen molar-refractivity contribution < 1.29 is 17.6 Å². The molecule has 0 bridgehead atoms. The molecule has 1 aromatic heterocycles. The van der Waals surface area contributed by atoms with Crippen molar-refractivity contribution >= 4 is 5.82 Å². The van der Waals surface area contributed by atoms with E-state index in [0.29, 0.717) is 0 Å². The lowest BCUT2D eigenvalue weighted by Gasteiger charge is -2.11. The topological polar surface area (TPSA) is 64.9 Å². The number of nitrogens with two attached hydrogens (primary N) is 2. The van der Waals surface area contributed by atoms with Crippen LogP contribution in [-0.2, 0) is 0 Å². The molecule has 0 aromatic carbocycles. The van der Waals surface area contributed by atoms with Crippen LogP contribution in [-0.4, -0.2) is 17.2 Å². The van der Waals surface area contributed by atoms with Gasteiger partial charge < -0.3 is 11.5 Å². The quantitative estimate of drug-likeness (QED) is 0.583. The molecule has 1 rings (SSSR count). The second-order valence-electron chi connectivity index (χ2n) is 3.24. The fourth-order valence-corrected chi connectivity index (χ4v) is 0.910. The van der Waals surface area contributed by atoms with Crippen LogP contribution in [0.15, 0.2) is 12.3 Å². The largest absolute Gasteiger partial charge is 0.404 e. The van der Waals surface area contributed by atoms with Crippen molar-refractivity contribution in [1.82, 2.24) is 4.98 Å². The first kappa shape index (κ1) is 13.3. The minimum absolute atomic E-state index is 0.0277. The Morgan fingerprint density at radius 1 is 1.41 bits per heavy atom. The second-order valence-corrected chi connectivity index (χ2v) is 3.24. The van der Waals surface area contributed by atoms with Gasteiger partial charge >= 0.3 is 6.18 Å². The summed E-state index contributed by atoms with van der Waals surface area (Å²) in [5.41, 5.74) is 9.90. The molecule has 0 saturated carbocycles.